The molecule has 0 amide bonds. The molecule has 0 radical (unpaired) electrons. The van der Waals surface area contributed by atoms with E-state index < -0.39 is 0 Å². The standard InChI is InChI=1S/C20H17ClN4O/c1-13-3-4-14(2)15(9-13)11-24-12-22-19-18(20(24)26)10-23-25(19)17-7-5-16(21)6-8-17/h3-10,12H,11H2,1-2H3. The third kappa shape index (κ3) is 2.91. The zero-order valence-corrected chi connectivity index (χ0v) is 15.2. The Balaban J connectivity index is 1.78. The normalized spacial score (nSPS) is 11.2. The minimum absolute atomic E-state index is 0.101. The summed E-state index contributed by atoms with van der Waals surface area (Å²) < 4.78 is 3.27. The van der Waals surface area contributed by atoms with E-state index >= 15 is 0 Å². The lowest BCUT2D eigenvalue weighted by Gasteiger charge is -2.10. The second kappa shape index (κ2) is 6.42. The molecule has 0 spiro atoms. The van der Waals surface area contributed by atoms with Crippen LogP contribution >= 0.6 is 11.6 Å². The zero-order chi connectivity index (χ0) is 18.3. The molecule has 0 N–H and O–H groups in total. The van der Waals surface area contributed by atoms with Crippen LogP contribution in [0.25, 0.3) is 16.7 Å². The van der Waals surface area contributed by atoms with Crippen LogP contribution in [0.3, 0.4) is 0 Å². The number of nitrogens with zero attached hydrogens (tertiary/aromatic N) is 4. The first kappa shape index (κ1) is 16.5. The molecule has 4 aromatic rings. The lowest BCUT2D eigenvalue weighted by atomic mass is 10.1. The largest absolute Gasteiger partial charge is 0.294 e. The summed E-state index contributed by atoms with van der Waals surface area (Å²) in [6, 6.07) is 13.5. The van der Waals surface area contributed by atoms with Crippen molar-refractivity contribution >= 4 is 22.6 Å². The van der Waals surface area contributed by atoms with E-state index in [9.17, 15) is 4.79 Å². The molecule has 26 heavy (non-hydrogen) atoms. The molecule has 130 valence electrons. The molecule has 0 saturated heterocycles. The van der Waals surface area contributed by atoms with Crippen molar-refractivity contribution in [3.05, 3.63) is 87.1 Å². The molecule has 5 nitrogen and oxygen atoms in total. The number of fused-ring (bicyclic) bond motifs is 1. The van der Waals surface area contributed by atoms with Gasteiger partial charge in [-0.2, -0.15) is 5.10 Å². The number of rotatable bonds is 3. The van der Waals surface area contributed by atoms with E-state index in [0.717, 1.165) is 16.8 Å². The molecule has 0 bridgehead atoms. The van der Waals surface area contributed by atoms with Crippen molar-refractivity contribution in [3.63, 3.8) is 0 Å². The summed E-state index contributed by atoms with van der Waals surface area (Å²) in [6.45, 7) is 4.58. The Morgan fingerprint density at radius 3 is 2.62 bits per heavy atom. The van der Waals surface area contributed by atoms with E-state index in [1.54, 1.807) is 33.9 Å². The highest BCUT2D eigenvalue weighted by Gasteiger charge is 2.12. The summed E-state index contributed by atoms with van der Waals surface area (Å²) in [5, 5.41) is 5.47. The highest BCUT2D eigenvalue weighted by molar-refractivity contribution is 6.30. The van der Waals surface area contributed by atoms with Crippen LogP contribution in [0.4, 0.5) is 0 Å². The lowest BCUT2D eigenvalue weighted by Crippen LogP contribution is -2.21. The molecule has 0 aliphatic heterocycles. The Morgan fingerprint density at radius 1 is 1.08 bits per heavy atom. The average molecular weight is 365 g/mol. The number of hydrogen-bond acceptors (Lipinski definition) is 3. The Labute approximate surface area is 155 Å². The van der Waals surface area contributed by atoms with Crippen LogP contribution in [-0.4, -0.2) is 19.3 Å². The molecular weight excluding hydrogens is 348 g/mol. The summed E-state index contributed by atoms with van der Waals surface area (Å²) in [5.74, 6) is 0. The van der Waals surface area contributed by atoms with Gasteiger partial charge in [0.05, 0.1) is 18.4 Å². The maximum absolute atomic E-state index is 12.9. The number of aryl methyl sites for hydroxylation is 2. The van der Waals surface area contributed by atoms with Crippen LogP contribution in [0, 0.1) is 13.8 Å². The number of benzene rings is 2. The van der Waals surface area contributed by atoms with Crippen molar-refractivity contribution in [1.29, 1.82) is 0 Å². The van der Waals surface area contributed by atoms with Crippen molar-refractivity contribution in [2.45, 2.75) is 20.4 Å². The van der Waals surface area contributed by atoms with Gasteiger partial charge >= 0.3 is 0 Å². The van der Waals surface area contributed by atoms with E-state index in [-0.39, 0.29) is 5.56 Å². The number of aromatic nitrogens is 4. The summed E-state index contributed by atoms with van der Waals surface area (Å²) in [6.07, 6.45) is 3.15. The Bertz CT molecular complexity index is 1160. The van der Waals surface area contributed by atoms with Gasteiger partial charge in [0, 0.05) is 5.02 Å². The van der Waals surface area contributed by atoms with E-state index in [1.165, 1.54) is 5.56 Å². The Morgan fingerprint density at radius 2 is 1.85 bits per heavy atom. The first-order chi connectivity index (χ1) is 12.5. The maximum atomic E-state index is 12.9. The second-order valence-corrected chi connectivity index (χ2v) is 6.81. The van der Waals surface area contributed by atoms with E-state index in [4.69, 9.17) is 11.6 Å². The predicted octanol–water partition coefficient (Wildman–Crippen LogP) is 3.90. The molecule has 0 fully saturated rings. The molecule has 2 aromatic heterocycles. The average Bonchev–Trinajstić information content (AvgIpc) is 3.06. The molecule has 0 saturated carbocycles. The third-order valence-electron chi connectivity index (χ3n) is 4.47. The van der Waals surface area contributed by atoms with E-state index in [2.05, 4.69) is 28.3 Å². The highest BCUT2D eigenvalue weighted by atomic mass is 35.5. The summed E-state index contributed by atoms with van der Waals surface area (Å²) >= 11 is 5.94. The molecule has 0 aliphatic rings. The molecule has 2 aromatic carbocycles. The minimum atomic E-state index is -0.101. The Kier molecular flexibility index (Phi) is 4.09. The molecule has 0 atom stereocenters. The van der Waals surface area contributed by atoms with Crippen molar-refractivity contribution < 1.29 is 0 Å². The fourth-order valence-corrected chi connectivity index (χ4v) is 3.11. The van der Waals surface area contributed by atoms with Crippen LogP contribution in [0.1, 0.15) is 16.7 Å². The minimum Gasteiger partial charge on any atom is -0.294 e. The molecule has 2 heterocycles. The summed E-state index contributed by atoms with van der Waals surface area (Å²) in [7, 11) is 0. The van der Waals surface area contributed by atoms with Crippen molar-refractivity contribution in [2.75, 3.05) is 0 Å². The van der Waals surface area contributed by atoms with Gasteiger partial charge in [0.1, 0.15) is 11.7 Å². The fraction of sp³-hybridized carbons (Fsp3) is 0.150. The van der Waals surface area contributed by atoms with Crippen molar-refractivity contribution in [1.82, 2.24) is 19.3 Å². The molecule has 0 unspecified atom stereocenters. The van der Waals surface area contributed by atoms with Gasteiger partial charge < -0.3 is 0 Å². The highest BCUT2D eigenvalue weighted by Crippen LogP contribution is 2.17. The van der Waals surface area contributed by atoms with Gasteiger partial charge in [-0.3, -0.25) is 9.36 Å². The second-order valence-electron chi connectivity index (χ2n) is 6.38. The third-order valence-corrected chi connectivity index (χ3v) is 4.72. The van der Waals surface area contributed by atoms with E-state index in [0.29, 0.717) is 22.6 Å². The SMILES string of the molecule is Cc1ccc(C)c(Cn2cnc3c(cnn3-c3ccc(Cl)cc3)c2=O)c1. The predicted molar refractivity (Wildman–Crippen MR) is 103 cm³/mol. The molecule has 0 aliphatic carbocycles. The molecule has 6 heteroatoms. The van der Waals surface area contributed by atoms with Gasteiger partial charge in [0.25, 0.3) is 5.56 Å². The van der Waals surface area contributed by atoms with Gasteiger partial charge in [-0.05, 0) is 49.2 Å². The summed E-state index contributed by atoms with van der Waals surface area (Å²) in [5.41, 5.74) is 4.68. The van der Waals surface area contributed by atoms with Crippen LogP contribution in [0.2, 0.25) is 5.02 Å². The maximum Gasteiger partial charge on any atom is 0.264 e. The smallest absolute Gasteiger partial charge is 0.264 e. The number of halogens is 1. The van der Waals surface area contributed by atoms with Gasteiger partial charge in [-0.15, -0.1) is 0 Å². The topological polar surface area (TPSA) is 52.7 Å². The Hall–Kier alpha value is -2.92. The van der Waals surface area contributed by atoms with Crippen molar-refractivity contribution in [2.24, 2.45) is 0 Å². The first-order valence-corrected chi connectivity index (χ1v) is 8.66. The first-order valence-electron chi connectivity index (χ1n) is 8.28. The molecular formula is C20H17ClN4O. The van der Waals surface area contributed by atoms with E-state index in [1.807, 2.05) is 26.0 Å². The fourth-order valence-electron chi connectivity index (χ4n) is 2.99. The van der Waals surface area contributed by atoms with Gasteiger partial charge in [0.2, 0.25) is 0 Å². The lowest BCUT2D eigenvalue weighted by molar-refractivity contribution is 0.741. The van der Waals surface area contributed by atoms with Gasteiger partial charge in [0.15, 0.2) is 5.65 Å². The van der Waals surface area contributed by atoms with Gasteiger partial charge in [-0.25, -0.2) is 9.67 Å². The van der Waals surface area contributed by atoms with Crippen LogP contribution in [-0.2, 0) is 6.54 Å². The zero-order valence-electron chi connectivity index (χ0n) is 14.5. The quantitative estimate of drug-likeness (QED) is 0.554. The van der Waals surface area contributed by atoms with Crippen LogP contribution in [0.15, 0.2) is 59.8 Å². The van der Waals surface area contributed by atoms with Gasteiger partial charge in [-0.1, -0.05) is 35.4 Å². The summed E-state index contributed by atoms with van der Waals surface area (Å²) in [4.78, 5) is 17.4. The molecule has 4 rings (SSSR count). The van der Waals surface area contributed by atoms with Crippen LogP contribution in [0.5, 0.6) is 0 Å². The monoisotopic (exact) mass is 364 g/mol. The number of hydrogen-bond donors (Lipinski definition) is 0. The van der Waals surface area contributed by atoms with Crippen LogP contribution < -0.4 is 5.56 Å². The van der Waals surface area contributed by atoms with Crippen molar-refractivity contribution in [3.8, 4) is 5.69 Å².